The van der Waals surface area contributed by atoms with E-state index in [-0.39, 0.29) is 25.2 Å². The van der Waals surface area contributed by atoms with Gasteiger partial charge in [0.05, 0.1) is 6.61 Å². The van der Waals surface area contributed by atoms with Gasteiger partial charge in [-0.15, -0.1) is 0 Å². The van der Waals surface area contributed by atoms with Crippen LogP contribution in [0.1, 0.15) is 20.3 Å². The van der Waals surface area contributed by atoms with E-state index in [2.05, 4.69) is 5.32 Å². The molecule has 0 spiro atoms. The Morgan fingerprint density at radius 3 is 2.56 bits per heavy atom. The van der Waals surface area contributed by atoms with Gasteiger partial charge in [0.2, 0.25) is 0 Å². The van der Waals surface area contributed by atoms with Gasteiger partial charge >= 0.3 is 12.0 Å². The molecule has 0 heterocycles. The number of carbonyl (C=O) groups excluding carboxylic acids is 1. The number of carboxylic acids is 1. The van der Waals surface area contributed by atoms with Gasteiger partial charge in [-0.2, -0.15) is 0 Å². The van der Waals surface area contributed by atoms with Gasteiger partial charge in [0.25, 0.3) is 0 Å². The van der Waals surface area contributed by atoms with Gasteiger partial charge in [0, 0.05) is 19.7 Å². The molecule has 0 bridgehead atoms. The fraction of sp³-hybridized carbons (Fsp3) is 0.800. The zero-order chi connectivity index (χ0) is 12.6. The Morgan fingerprint density at radius 1 is 1.50 bits per heavy atom. The van der Waals surface area contributed by atoms with Crippen molar-refractivity contribution in [1.29, 1.82) is 0 Å². The van der Waals surface area contributed by atoms with Crippen LogP contribution in [0.25, 0.3) is 0 Å². The summed E-state index contributed by atoms with van der Waals surface area (Å²) in [5, 5.41) is 11.4. The summed E-state index contributed by atoms with van der Waals surface area (Å²) in [5.74, 6) is -1.03. The minimum Gasteiger partial charge on any atom is -0.480 e. The number of nitrogens with one attached hydrogen (secondary N) is 1. The molecule has 6 nitrogen and oxygen atoms in total. The smallest absolute Gasteiger partial charge is 0.323 e. The van der Waals surface area contributed by atoms with E-state index in [1.165, 1.54) is 12.0 Å². The molecule has 0 radical (unpaired) electrons. The van der Waals surface area contributed by atoms with E-state index >= 15 is 0 Å². The van der Waals surface area contributed by atoms with Crippen molar-refractivity contribution >= 4 is 12.0 Å². The molecule has 0 saturated heterocycles. The van der Waals surface area contributed by atoms with Crippen molar-refractivity contribution in [3.8, 4) is 0 Å². The van der Waals surface area contributed by atoms with Crippen molar-refractivity contribution in [1.82, 2.24) is 10.2 Å². The van der Waals surface area contributed by atoms with E-state index in [9.17, 15) is 9.59 Å². The van der Waals surface area contributed by atoms with Crippen LogP contribution in [0.4, 0.5) is 4.79 Å². The molecule has 1 atom stereocenters. The molecule has 0 aromatic rings. The Morgan fingerprint density at radius 2 is 2.12 bits per heavy atom. The lowest BCUT2D eigenvalue weighted by Gasteiger charge is -2.22. The maximum atomic E-state index is 11.6. The average Bonchev–Trinajstić information content (AvgIpc) is 2.23. The van der Waals surface area contributed by atoms with E-state index in [0.717, 1.165) is 6.42 Å². The number of amides is 2. The minimum absolute atomic E-state index is 0.0336. The third kappa shape index (κ3) is 6.23. The van der Waals surface area contributed by atoms with Crippen LogP contribution in [-0.4, -0.2) is 54.9 Å². The standard InChI is InChI=1S/C10H20N2O4/c1-4-8(2)11-10(15)12(5-6-16-3)7-9(13)14/h8H,4-7H2,1-3H3,(H,11,15)(H,13,14). The van der Waals surface area contributed by atoms with E-state index in [1.54, 1.807) is 0 Å². The molecule has 0 aliphatic carbocycles. The van der Waals surface area contributed by atoms with Crippen LogP contribution in [0.15, 0.2) is 0 Å². The minimum atomic E-state index is -1.03. The summed E-state index contributed by atoms with van der Waals surface area (Å²) in [5.41, 5.74) is 0. The molecule has 0 aromatic carbocycles. The SMILES string of the molecule is CCC(C)NC(=O)N(CCOC)CC(=O)O. The van der Waals surface area contributed by atoms with Crippen molar-refractivity contribution in [3.05, 3.63) is 0 Å². The second kappa shape index (κ2) is 7.92. The lowest BCUT2D eigenvalue weighted by molar-refractivity contribution is -0.137. The molecule has 94 valence electrons. The highest BCUT2D eigenvalue weighted by Crippen LogP contribution is 1.94. The molecule has 0 rings (SSSR count). The average molecular weight is 232 g/mol. The maximum absolute atomic E-state index is 11.6. The van der Waals surface area contributed by atoms with Gasteiger partial charge in [0.15, 0.2) is 0 Å². The predicted octanol–water partition coefficient (Wildman–Crippen LogP) is 0.527. The monoisotopic (exact) mass is 232 g/mol. The van der Waals surface area contributed by atoms with Crippen LogP contribution in [-0.2, 0) is 9.53 Å². The highest BCUT2D eigenvalue weighted by molar-refractivity contribution is 5.80. The first-order valence-corrected chi connectivity index (χ1v) is 5.27. The quantitative estimate of drug-likeness (QED) is 0.671. The Labute approximate surface area is 95.6 Å². The number of aliphatic carboxylic acids is 1. The largest absolute Gasteiger partial charge is 0.480 e. The summed E-state index contributed by atoms with van der Waals surface area (Å²) >= 11 is 0. The zero-order valence-corrected chi connectivity index (χ0v) is 10.0. The van der Waals surface area contributed by atoms with E-state index in [1.807, 2.05) is 13.8 Å². The molecule has 0 aromatic heterocycles. The Hall–Kier alpha value is -1.30. The van der Waals surface area contributed by atoms with E-state index in [0.29, 0.717) is 6.61 Å². The normalized spacial score (nSPS) is 11.9. The molecule has 2 N–H and O–H groups in total. The van der Waals surface area contributed by atoms with Crippen LogP contribution in [0.5, 0.6) is 0 Å². The van der Waals surface area contributed by atoms with Crippen LogP contribution >= 0.6 is 0 Å². The van der Waals surface area contributed by atoms with Crippen LogP contribution in [0, 0.1) is 0 Å². The van der Waals surface area contributed by atoms with Crippen molar-refractivity contribution < 1.29 is 19.4 Å². The predicted molar refractivity (Wildman–Crippen MR) is 59.4 cm³/mol. The highest BCUT2D eigenvalue weighted by Gasteiger charge is 2.17. The number of carboxylic acid groups (broad SMARTS) is 1. The van der Waals surface area contributed by atoms with Crippen LogP contribution in [0.3, 0.4) is 0 Å². The lowest BCUT2D eigenvalue weighted by atomic mass is 10.3. The number of carbonyl (C=O) groups is 2. The molecule has 2 amide bonds. The van der Waals surface area contributed by atoms with Gasteiger partial charge in [-0.3, -0.25) is 4.79 Å². The number of methoxy groups -OCH3 is 1. The Kier molecular flexibility index (Phi) is 7.28. The maximum Gasteiger partial charge on any atom is 0.323 e. The fourth-order valence-corrected chi connectivity index (χ4v) is 1.02. The van der Waals surface area contributed by atoms with Crippen molar-refractivity contribution in [2.24, 2.45) is 0 Å². The topological polar surface area (TPSA) is 78.9 Å². The summed E-state index contributed by atoms with van der Waals surface area (Å²) in [4.78, 5) is 23.4. The number of hydrogen-bond donors (Lipinski definition) is 2. The number of urea groups is 1. The molecule has 6 heteroatoms. The van der Waals surface area contributed by atoms with Crippen LogP contribution in [0.2, 0.25) is 0 Å². The summed E-state index contributed by atoms with van der Waals surface area (Å²) in [6.07, 6.45) is 0.803. The first-order chi connectivity index (χ1) is 7.51. The van der Waals surface area contributed by atoms with E-state index < -0.39 is 5.97 Å². The summed E-state index contributed by atoms with van der Waals surface area (Å²) in [7, 11) is 1.51. The Bertz CT molecular complexity index is 233. The summed E-state index contributed by atoms with van der Waals surface area (Å²) < 4.78 is 4.82. The van der Waals surface area contributed by atoms with Gasteiger partial charge in [-0.25, -0.2) is 4.79 Å². The van der Waals surface area contributed by atoms with E-state index in [4.69, 9.17) is 9.84 Å². The summed E-state index contributed by atoms with van der Waals surface area (Å²) in [6, 6.07) is -0.333. The van der Waals surface area contributed by atoms with Gasteiger partial charge in [-0.1, -0.05) is 6.92 Å². The Balaban J connectivity index is 4.25. The highest BCUT2D eigenvalue weighted by atomic mass is 16.5. The molecule has 1 unspecified atom stereocenters. The van der Waals surface area contributed by atoms with Gasteiger partial charge in [-0.05, 0) is 13.3 Å². The van der Waals surface area contributed by atoms with Crippen LogP contribution < -0.4 is 5.32 Å². The van der Waals surface area contributed by atoms with Crippen molar-refractivity contribution in [2.45, 2.75) is 26.3 Å². The fourth-order valence-electron chi connectivity index (χ4n) is 1.02. The third-order valence-corrected chi connectivity index (χ3v) is 2.16. The van der Waals surface area contributed by atoms with Gasteiger partial charge in [0.1, 0.15) is 6.54 Å². The number of hydrogen-bond acceptors (Lipinski definition) is 3. The molecular weight excluding hydrogens is 212 g/mol. The molecule has 0 saturated carbocycles. The second-order valence-electron chi connectivity index (χ2n) is 3.57. The number of nitrogens with zero attached hydrogens (tertiary/aromatic N) is 1. The molecule has 0 aliphatic heterocycles. The third-order valence-electron chi connectivity index (χ3n) is 2.16. The van der Waals surface area contributed by atoms with Crippen molar-refractivity contribution in [2.75, 3.05) is 26.8 Å². The first kappa shape index (κ1) is 14.7. The molecule has 0 aliphatic rings. The number of rotatable bonds is 7. The summed E-state index contributed by atoms with van der Waals surface area (Å²) in [6.45, 7) is 4.09. The second-order valence-corrected chi connectivity index (χ2v) is 3.57. The first-order valence-electron chi connectivity index (χ1n) is 5.27. The lowest BCUT2D eigenvalue weighted by Crippen LogP contribution is -2.47. The number of ether oxygens (including phenoxy) is 1. The zero-order valence-electron chi connectivity index (χ0n) is 10.0. The van der Waals surface area contributed by atoms with Crippen molar-refractivity contribution in [3.63, 3.8) is 0 Å². The van der Waals surface area contributed by atoms with Gasteiger partial charge < -0.3 is 20.1 Å². The molecule has 0 fully saturated rings. The molecular formula is C10H20N2O4. The molecule has 16 heavy (non-hydrogen) atoms.